The van der Waals surface area contributed by atoms with E-state index in [0.717, 1.165) is 10.8 Å². The fraction of sp³-hybridized carbons (Fsp3) is 0.0556. The quantitative estimate of drug-likeness (QED) is 0.581. The molecular weight excluding hydrogens is 328 g/mol. The summed E-state index contributed by atoms with van der Waals surface area (Å²) >= 11 is 5.82. The van der Waals surface area contributed by atoms with E-state index in [2.05, 4.69) is 10.3 Å². The maximum atomic E-state index is 12.0. The Kier molecular flexibility index (Phi) is 4.72. The van der Waals surface area contributed by atoms with E-state index < -0.39 is 18.5 Å². The van der Waals surface area contributed by atoms with Gasteiger partial charge in [0.1, 0.15) is 5.15 Å². The monoisotopic (exact) mass is 340 g/mol. The van der Waals surface area contributed by atoms with Crippen LogP contribution in [0.25, 0.3) is 10.8 Å². The third-order valence-corrected chi connectivity index (χ3v) is 3.68. The van der Waals surface area contributed by atoms with Gasteiger partial charge in [0.05, 0.1) is 5.56 Å². The molecule has 24 heavy (non-hydrogen) atoms. The third-order valence-electron chi connectivity index (χ3n) is 3.38. The second kappa shape index (κ2) is 7.10. The molecule has 0 radical (unpaired) electrons. The largest absolute Gasteiger partial charge is 0.452 e. The Bertz CT molecular complexity index is 906. The SMILES string of the molecule is O=C(COC(=O)c1cccnc1Cl)Nc1cccc2ccccc12. The molecule has 3 rings (SSSR count). The number of carbonyl (C=O) groups excluding carboxylic acids is 2. The average Bonchev–Trinajstić information content (AvgIpc) is 2.60. The maximum absolute atomic E-state index is 12.0. The summed E-state index contributed by atoms with van der Waals surface area (Å²) in [7, 11) is 0. The molecule has 1 heterocycles. The van der Waals surface area contributed by atoms with Gasteiger partial charge >= 0.3 is 5.97 Å². The van der Waals surface area contributed by atoms with E-state index in [-0.39, 0.29) is 10.7 Å². The van der Waals surface area contributed by atoms with Crippen LogP contribution in [-0.2, 0) is 9.53 Å². The van der Waals surface area contributed by atoms with Crippen molar-refractivity contribution in [2.45, 2.75) is 0 Å². The molecule has 0 unspecified atom stereocenters. The Hall–Kier alpha value is -2.92. The topological polar surface area (TPSA) is 68.3 Å². The van der Waals surface area contributed by atoms with Gasteiger partial charge in [-0.3, -0.25) is 4.79 Å². The number of halogens is 1. The van der Waals surface area contributed by atoms with Crippen molar-refractivity contribution < 1.29 is 14.3 Å². The van der Waals surface area contributed by atoms with Crippen molar-refractivity contribution in [1.82, 2.24) is 4.98 Å². The highest BCUT2D eigenvalue weighted by Gasteiger charge is 2.14. The normalized spacial score (nSPS) is 10.4. The number of esters is 1. The van der Waals surface area contributed by atoms with E-state index in [9.17, 15) is 9.59 Å². The number of ether oxygens (including phenoxy) is 1. The molecular formula is C18H13ClN2O3. The van der Waals surface area contributed by atoms with Crippen molar-refractivity contribution in [2.24, 2.45) is 0 Å². The molecule has 0 spiro atoms. The Morgan fingerprint density at radius 2 is 1.83 bits per heavy atom. The van der Waals surface area contributed by atoms with E-state index in [1.54, 1.807) is 12.1 Å². The molecule has 0 saturated carbocycles. The van der Waals surface area contributed by atoms with E-state index >= 15 is 0 Å². The lowest BCUT2D eigenvalue weighted by Gasteiger charge is -2.09. The van der Waals surface area contributed by atoms with Crippen LogP contribution in [0.5, 0.6) is 0 Å². The first-order valence-corrected chi connectivity index (χ1v) is 7.58. The fourth-order valence-corrected chi connectivity index (χ4v) is 2.46. The lowest BCUT2D eigenvalue weighted by Crippen LogP contribution is -2.21. The van der Waals surface area contributed by atoms with Crippen LogP contribution in [-0.4, -0.2) is 23.5 Å². The summed E-state index contributed by atoms with van der Waals surface area (Å²) in [6.45, 7) is -0.409. The van der Waals surface area contributed by atoms with Crippen LogP contribution < -0.4 is 5.32 Å². The van der Waals surface area contributed by atoms with Gasteiger partial charge in [-0.05, 0) is 23.6 Å². The number of amides is 1. The minimum absolute atomic E-state index is 0.0389. The van der Waals surface area contributed by atoms with E-state index in [0.29, 0.717) is 5.69 Å². The Balaban J connectivity index is 1.66. The van der Waals surface area contributed by atoms with E-state index in [4.69, 9.17) is 16.3 Å². The number of fused-ring (bicyclic) bond motifs is 1. The molecule has 0 aliphatic rings. The van der Waals surface area contributed by atoms with Gasteiger partial charge in [0, 0.05) is 17.3 Å². The van der Waals surface area contributed by atoms with E-state index in [1.807, 2.05) is 36.4 Å². The molecule has 2 aromatic carbocycles. The smallest absolute Gasteiger partial charge is 0.341 e. The summed E-state index contributed by atoms with van der Waals surface area (Å²) in [5, 5.41) is 4.70. The van der Waals surface area contributed by atoms with Gasteiger partial charge in [-0.25, -0.2) is 9.78 Å². The van der Waals surface area contributed by atoms with Crippen LogP contribution >= 0.6 is 11.6 Å². The fourth-order valence-electron chi connectivity index (χ4n) is 2.27. The molecule has 1 N–H and O–H groups in total. The molecule has 3 aromatic rings. The summed E-state index contributed by atoms with van der Waals surface area (Å²) < 4.78 is 4.98. The number of pyridine rings is 1. The second-order valence-corrected chi connectivity index (χ2v) is 5.35. The zero-order valence-electron chi connectivity index (χ0n) is 12.5. The number of hydrogen-bond donors (Lipinski definition) is 1. The van der Waals surface area contributed by atoms with Crippen molar-refractivity contribution in [1.29, 1.82) is 0 Å². The maximum Gasteiger partial charge on any atom is 0.341 e. The summed E-state index contributed by atoms with van der Waals surface area (Å²) in [4.78, 5) is 27.7. The number of carbonyl (C=O) groups is 2. The van der Waals surface area contributed by atoms with Gasteiger partial charge in [-0.15, -0.1) is 0 Å². The van der Waals surface area contributed by atoms with Gasteiger partial charge in [-0.1, -0.05) is 48.0 Å². The molecule has 120 valence electrons. The lowest BCUT2D eigenvalue weighted by molar-refractivity contribution is -0.119. The van der Waals surface area contributed by atoms with Crippen molar-refractivity contribution in [3.8, 4) is 0 Å². The van der Waals surface area contributed by atoms with E-state index in [1.165, 1.54) is 12.3 Å². The first-order valence-electron chi connectivity index (χ1n) is 7.20. The second-order valence-electron chi connectivity index (χ2n) is 4.99. The molecule has 0 fully saturated rings. The van der Waals surface area contributed by atoms with Crippen molar-refractivity contribution >= 4 is 39.9 Å². The van der Waals surface area contributed by atoms with Gasteiger partial charge < -0.3 is 10.1 Å². The van der Waals surface area contributed by atoms with Crippen LogP contribution in [0.3, 0.4) is 0 Å². The van der Waals surface area contributed by atoms with Crippen LogP contribution in [0.2, 0.25) is 5.15 Å². The Morgan fingerprint density at radius 3 is 2.67 bits per heavy atom. The average molecular weight is 341 g/mol. The first kappa shape index (κ1) is 16.0. The van der Waals surface area contributed by atoms with Crippen molar-refractivity contribution in [2.75, 3.05) is 11.9 Å². The molecule has 0 aliphatic heterocycles. The molecule has 0 saturated heterocycles. The number of benzene rings is 2. The van der Waals surface area contributed by atoms with Crippen molar-refractivity contribution in [3.63, 3.8) is 0 Å². The number of anilines is 1. The first-order chi connectivity index (χ1) is 11.6. The molecule has 0 bridgehead atoms. The summed E-state index contributed by atoms with van der Waals surface area (Å²) in [5.41, 5.74) is 0.783. The lowest BCUT2D eigenvalue weighted by atomic mass is 10.1. The minimum Gasteiger partial charge on any atom is -0.452 e. The highest BCUT2D eigenvalue weighted by Crippen LogP contribution is 2.22. The van der Waals surface area contributed by atoms with Gasteiger partial charge in [0.2, 0.25) is 0 Å². The Labute approximate surface area is 143 Å². The molecule has 1 amide bonds. The van der Waals surface area contributed by atoms with Gasteiger partial charge in [-0.2, -0.15) is 0 Å². The van der Waals surface area contributed by atoms with Crippen LogP contribution in [0.4, 0.5) is 5.69 Å². The van der Waals surface area contributed by atoms with Crippen LogP contribution in [0.15, 0.2) is 60.8 Å². The number of nitrogens with zero attached hydrogens (tertiary/aromatic N) is 1. The van der Waals surface area contributed by atoms with Crippen LogP contribution in [0.1, 0.15) is 10.4 Å². The molecule has 1 aromatic heterocycles. The number of aromatic nitrogens is 1. The predicted octanol–water partition coefficient (Wildman–Crippen LogP) is 3.68. The standard InChI is InChI=1S/C18H13ClN2O3/c19-17-14(8-4-10-20-17)18(23)24-11-16(22)21-15-9-3-6-12-5-1-2-7-13(12)15/h1-10H,11H2,(H,21,22). The summed E-state index contributed by atoms with van der Waals surface area (Å²) in [6.07, 6.45) is 1.46. The molecule has 6 heteroatoms. The van der Waals surface area contributed by atoms with Gasteiger partial charge in [0.25, 0.3) is 5.91 Å². The number of nitrogens with one attached hydrogen (secondary N) is 1. The Morgan fingerprint density at radius 1 is 1.04 bits per heavy atom. The zero-order valence-corrected chi connectivity index (χ0v) is 13.3. The summed E-state index contributed by atoms with van der Waals surface area (Å²) in [5.74, 6) is -1.12. The number of hydrogen-bond acceptors (Lipinski definition) is 4. The minimum atomic E-state index is -0.693. The zero-order chi connectivity index (χ0) is 16.9. The van der Waals surface area contributed by atoms with Crippen molar-refractivity contribution in [3.05, 3.63) is 71.5 Å². The highest BCUT2D eigenvalue weighted by atomic mass is 35.5. The number of rotatable bonds is 4. The van der Waals surface area contributed by atoms with Gasteiger partial charge in [0.15, 0.2) is 6.61 Å². The van der Waals surface area contributed by atoms with Crippen LogP contribution in [0, 0.1) is 0 Å². The third kappa shape index (κ3) is 3.52. The molecule has 5 nitrogen and oxygen atoms in total. The highest BCUT2D eigenvalue weighted by molar-refractivity contribution is 6.32. The summed E-state index contributed by atoms with van der Waals surface area (Å²) in [6, 6.07) is 16.3. The molecule has 0 aliphatic carbocycles. The predicted molar refractivity (Wildman–Crippen MR) is 92.1 cm³/mol. The molecule has 0 atom stereocenters.